The number of esters is 1. The van der Waals surface area contributed by atoms with Crippen molar-refractivity contribution in [2.45, 2.75) is 31.8 Å². The lowest BCUT2D eigenvalue weighted by Gasteiger charge is -2.09. The van der Waals surface area contributed by atoms with Crippen molar-refractivity contribution in [3.63, 3.8) is 0 Å². The molecule has 0 aliphatic carbocycles. The van der Waals surface area contributed by atoms with Crippen LogP contribution in [0, 0.1) is 25.7 Å². The number of aryl methyl sites for hydroxylation is 1. The number of carbonyl (C=O) groups is 2. The van der Waals surface area contributed by atoms with Gasteiger partial charge in [-0.25, -0.2) is 0 Å². The molecule has 5 nitrogen and oxygen atoms in total. The zero-order valence-electron chi connectivity index (χ0n) is 15.3. The minimum Gasteiger partial charge on any atom is -0.497 e. The van der Waals surface area contributed by atoms with Gasteiger partial charge in [0.1, 0.15) is 5.75 Å². The van der Waals surface area contributed by atoms with Crippen molar-refractivity contribution in [2.75, 3.05) is 14.2 Å². The molecule has 0 bridgehead atoms. The summed E-state index contributed by atoms with van der Waals surface area (Å²) in [6.07, 6.45) is 11.0. The Kier molecular flexibility index (Phi) is 11.0. The topological polar surface area (TPSA) is 72.8 Å². The van der Waals surface area contributed by atoms with E-state index in [9.17, 15) is 14.7 Å². The van der Waals surface area contributed by atoms with Gasteiger partial charge in [-0.2, -0.15) is 0 Å². The standard InChI is InChI=1S/C21H26O5/c1-25-20-14-10-17(11-15-20)9-12-18(22)7-5-3-4-6-8-19(23)13-16-21(24)26-2/h3-8,10-11,14-15,18,22H,9,12-13,16H2,1-2H3/b8-6+/t18-/m0/s1. The molecule has 0 saturated heterocycles. The number of carbonyl (C=O) groups excluding carboxylic acids is 2. The van der Waals surface area contributed by atoms with E-state index in [-0.39, 0.29) is 18.6 Å². The van der Waals surface area contributed by atoms with Crippen molar-refractivity contribution in [3.05, 3.63) is 67.7 Å². The Morgan fingerprint density at radius 2 is 1.81 bits per heavy atom. The van der Waals surface area contributed by atoms with Crippen molar-refractivity contribution in [3.8, 4) is 5.75 Å². The van der Waals surface area contributed by atoms with Crippen LogP contribution >= 0.6 is 0 Å². The molecule has 0 amide bonds. The summed E-state index contributed by atoms with van der Waals surface area (Å²) in [5, 5.41) is 9.94. The Morgan fingerprint density at radius 1 is 1.08 bits per heavy atom. The van der Waals surface area contributed by atoms with Gasteiger partial charge in [-0.1, -0.05) is 18.2 Å². The Labute approximate surface area is 156 Å². The number of rotatable bonds is 13. The van der Waals surface area contributed by atoms with Crippen LogP contribution in [0.5, 0.6) is 5.75 Å². The fraction of sp³-hybridized carbons (Fsp3) is 0.333. The Hall–Kier alpha value is -2.14. The summed E-state index contributed by atoms with van der Waals surface area (Å²) in [7, 11) is 2.92. The number of ether oxygens (including phenoxy) is 2. The summed E-state index contributed by atoms with van der Waals surface area (Å²) >= 11 is 0. The summed E-state index contributed by atoms with van der Waals surface area (Å²) in [5.41, 5.74) is 1.14. The summed E-state index contributed by atoms with van der Waals surface area (Å²) in [6.45, 7) is 0. The Bertz CT molecular complexity index is 562. The molecule has 1 atom stereocenters. The minimum atomic E-state index is -0.535. The number of hydrogen-bond donors (Lipinski definition) is 1. The van der Waals surface area contributed by atoms with Gasteiger partial charge < -0.3 is 14.6 Å². The van der Waals surface area contributed by atoms with Gasteiger partial charge in [-0.3, -0.25) is 9.59 Å². The van der Waals surface area contributed by atoms with Gasteiger partial charge in [0.15, 0.2) is 5.78 Å². The molecule has 0 unspecified atom stereocenters. The molecule has 1 rings (SSSR count). The molecular weight excluding hydrogens is 332 g/mol. The van der Waals surface area contributed by atoms with Crippen LogP contribution < -0.4 is 4.74 Å². The number of benzene rings is 1. The molecule has 0 fully saturated rings. The van der Waals surface area contributed by atoms with Crippen LogP contribution in [0.25, 0.3) is 0 Å². The fourth-order valence-electron chi connectivity index (χ4n) is 2.10. The van der Waals surface area contributed by atoms with E-state index in [0.717, 1.165) is 17.7 Å². The minimum absolute atomic E-state index is 0.0870. The first-order valence-corrected chi connectivity index (χ1v) is 8.47. The normalized spacial score (nSPS) is 12.1. The molecule has 140 valence electrons. The first-order chi connectivity index (χ1) is 12.5. The van der Waals surface area contributed by atoms with Crippen molar-refractivity contribution in [1.29, 1.82) is 0 Å². The lowest BCUT2D eigenvalue weighted by molar-refractivity contribution is -0.141. The van der Waals surface area contributed by atoms with E-state index in [2.05, 4.69) is 4.74 Å². The maximum atomic E-state index is 11.5. The van der Waals surface area contributed by atoms with Gasteiger partial charge in [0.2, 0.25) is 0 Å². The Morgan fingerprint density at radius 3 is 2.46 bits per heavy atom. The number of unbranched alkanes of at least 4 members (excludes halogenated alkanes) is 2. The van der Waals surface area contributed by atoms with E-state index in [0.29, 0.717) is 6.42 Å². The number of aliphatic hydroxyl groups excluding tert-OH is 1. The molecular formula is C21H26O5. The van der Waals surface area contributed by atoms with Crippen molar-refractivity contribution in [2.24, 2.45) is 0 Å². The maximum absolute atomic E-state index is 11.5. The first kappa shape index (κ1) is 21.9. The van der Waals surface area contributed by atoms with E-state index >= 15 is 0 Å². The SMILES string of the molecule is COC(=O)CCC(=O)/C=C/[CH][CH][CH][CH][C@H](O)CCc1ccc(OC)cc1. The van der Waals surface area contributed by atoms with Crippen LogP contribution in [-0.4, -0.2) is 37.2 Å². The highest BCUT2D eigenvalue weighted by atomic mass is 16.5. The van der Waals surface area contributed by atoms with Gasteiger partial charge in [-0.15, -0.1) is 0 Å². The largest absolute Gasteiger partial charge is 0.497 e. The molecule has 1 aromatic rings. The number of aliphatic hydroxyl groups is 1. The monoisotopic (exact) mass is 358 g/mol. The molecule has 0 heterocycles. The quantitative estimate of drug-likeness (QED) is 0.333. The third kappa shape index (κ3) is 9.99. The van der Waals surface area contributed by atoms with Crippen LogP contribution in [-0.2, 0) is 20.7 Å². The van der Waals surface area contributed by atoms with Crippen molar-refractivity contribution >= 4 is 11.8 Å². The molecule has 1 N–H and O–H groups in total. The highest BCUT2D eigenvalue weighted by molar-refractivity contribution is 5.91. The zero-order valence-corrected chi connectivity index (χ0v) is 15.3. The number of methoxy groups -OCH3 is 2. The highest BCUT2D eigenvalue weighted by Gasteiger charge is 2.06. The van der Waals surface area contributed by atoms with Crippen LogP contribution in [0.15, 0.2) is 36.4 Å². The summed E-state index contributed by atoms with van der Waals surface area (Å²) in [6, 6.07) is 7.77. The lowest BCUT2D eigenvalue weighted by Crippen LogP contribution is -2.09. The highest BCUT2D eigenvalue weighted by Crippen LogP contribution is 2.14. The maximum Gasteiger partial charge on any atom is 0.305 e. The van der Waals surface area contributed by atoms with Crippen LogP contribution in [0.4, 0.5) is 0 Å². The molecule has 26 heavy (non-hydrogen) atoms. The van der Waals surface area contributed by atoms with Crippen LogP contribution in [0.3, 0.4) is 0 Å². The van der Waals surface area contributed by atoms with Gasteiger partial charge in [-0.05, 0) is 62.3 Å². The molecule has 1 aromatic carbocycles. The molecule has 5 heteroatoms. The van der Waals surface area contributed by atoms with Gasteiger partial charge in [0.25, 0.3) is 0 Å². The van der Waals surface area contributed by atoms with Gasteiger partial charge >= 0.3 is 5.97 Å². The van der Waals surface area contributed by atoms with Gasteiger partial charge in [0.05, 0.1) is 26.7 Å². The smallest absolute Gasteiger partial charge is 0.305 e. The number of allylic oxidation sites excluding steroid dienone is 2. The summed E-state index contributed by atoms with van der Waals surface area (Å²) in [4.78, 5) is 22.4. The molecule has 0 aromatic heterocycles. The predicted molar refractivity (Wildman–Crippen MR) is 99.9 cm³/mol. The summed E-state index contributed by atoms with van der Waals surface area (Å²) < 4.78 is 9.58. The molecule has 0 spiro atoms. The molecule has 0 aliphatic heterocycles. The lowest BCUT2D eigenvalue weighted by atomic mass is 10.0. The third-order valence-corrected chi connectivity index (χ3v) is 3.64. The number of hydrogen-bond acceptors (Lipinski definition) is 5. The van der Waals surface area contributed by atoms with E-state index < -0.39 is 12.1 Å². The predicted octanol–water partition coefficient (Wildman–Crippen LogP) is 2.88. The molecule has 0 aliphatic rings. The summed E-state index contributed by atoms with van der Waals surface area (Å²) in [5.74, 6) is 0.286. The van der Waals surface area contributed by atoms with E-state index in [1.165, 1.54) is 13.2 Å². The van der Waals surface area contributed by atoms with E-state index in [1.807, 2.05) is 24.3 Å². The van der Waals surface area contributed by atoms with Gasteiger partial charge in [0, 0.05) is 6.42 Å². The average Bonchev–Trinajstić information content (AvgIpc) is 2.67. The molecule has 0 saturated carbocycles. The van der Waals surface area contributed by atoms with E-state index in [1.54, 1.807) is 38.9 Å². The second kappa shape index (κ2) is 13.1. The Balaban J connectivity index is 2.08. The van der Waals surface area contributed by atoms with E-state index in [4.69, 9.17) is 4.74 Å². The second-order valence-corrected chi connectivity index (χ2v) is 5.63. The number of ketones is 1. The van der Waals surface area contributed by atoms with Crippen LogP contribution in [0.2, 0.25) is 0 Å². The average molecular weight is 358 g/mol. The first-order valence-electron chi connectivity index (χ1n) is 8.47. The fourth-order valence-corrected chi connectivity index (χ4v) is 2.10. The molecule has 4 radical (unpaired) electrons. The van der Waals surface area contributed by atoms with Crippen molar-refractivity contribution in [1.82, 2.24) is 0 Å². The van der Waals surface area contributed by atoms with Crippen LogP contribution in [0.1, 0.15) is 24.8 Å². The zero-order chi connectivity index (χ0) is 19.2. The van der Waals surface area contributed by atoms with Crippen molar-refractivity contribution < 1.29 is 24.2 Å². The third-order valence-electron chi connectivity index (χ3n) is 3.64. The second-order valence-electron chi connectivity index (χ2n) is 5.63.